The maximum Gasteiger partial charge on any atom is 0.233 e. The van der Waals surface area contributed by atoms with Gasteiger partial charge in [0.1, 0.15) is 0 Å². The SMILES string of the molecule is C#CCSCCNCC(=O)NCC1CC1. The highest BCUT2D eigenvalue weighted by Crippen LogP contribution is 2.27. The molecule has 0 aromatic heterocycles. The van der Waals surface area contributed by atoms with Gasteiger partial charge in [-0.25, -0.2) is 0 Å². The molecule has 1 amide bonds. The molecule has 1 aliphatic rings. The van der Waals surface area contributed by atoms with Crippen LogP contribution in [0.25, 0.3) is 0 Å². The minimum atomic E-state index is 0.101. The van der Waals surface area contributed by atoms with E-state index in [1.165, 1.54) is 12.8 Å². The second-order valence-electron chi connectivity index (χ2n) is 3.68. The first-order valence-electron chi connectivity index (χ1n) is 5.31. The number of terminal acetylenes is 1. The van der Waals surface area contributed by atoms with E-state index in [1.807, 2.05) is 0 Å². The van der Waals surface area contributed by atoms with E-state index >= 15 is 0 Å². The molecule has 1 saturated carbocycles. The van der Waals surface area contributed by atoms with Crippen LogP contribution < -0.4 is 10.6 Å². The Labute approximate surface area is 95.8 Å². The molecule has 0 aliphatic heterocycles. The lowest BCUT2D eigenvalue weighted by molar-refractivity contribution is -0.120. The Morgan fingerprint density at radius 1 is 1.53 bits per heavy atom. The smallest absolute Gasteiger partial charge is 0.233 e. The van der Waals surface area contributed by atoms with E-state index in [0.717, 1.165) is 30.5 Å². The van der Waals surface area contributed by atoms with Crippen molar-refractivity contribution in [2.24, 2.45) is 5.92 Å². The van der Waals surface area contributed by atoms with Crippen molar-refractivity contribution in [1.29, 1.82) is 0 Å². The zero-order chi connectivity index (χ0) is 10.9. The average Bonchev–Trinajstić information content (AvgIpc) is 3.04. The van der Waals surface area contributed by atoms with Crippen LogP contribution in [0.1, 0.15) is 12.8 Å². The summed E-state index contributed by atoms with van der Waals surface area (Å²) in [7, 11) is 0. The third-order valence-corrected chi connectivity index (χ3v) is 3.04. The van der Waals surface area contributed by atoms with Gasteiger partial charge in [0.25, 0.3) is 0 Å². The van der Waals surface area contributed by atoms with Crippen LogP contribution in [0.5, 0.6) is 0 Å². The molecule has 2 N–H and O–H groups in total. The van der Waals surface area contributed by atoms with Gasteiger partial charge in [-0.2, -0.15) is 0 Å². The van der Waals surface area contributed by atoms with Crippen LogP contribution in [0.15, 0.2) is 0 Å². The summed E-state index contributed by atoms with van der Waals surface area (Å²) in [5.74, 6) is 5.12. The fourth-order valence-corrected chi connectivity index (χ4v) is 1.67. The molecule has 0 saturated heterocycles. The van der Waals surface area contributed by atoms with Crippen LogP contribution in [0.4, 0.5) is 0 Å². The van der Waals surface area contributed by atoms with Crippen LogP contribution >= 0.6 is 11.8 Å². The monoisotopic (exact) mass is 226 g/mol. The Kier molecular flexibility index (Phi) is 6.29. The van der Waals surface area contributed by atoms with Gasteiger partial charge in [0.05, 0.1) is 12.3 Å². The Balaban J connectivity index is 1.81. The molecule has 0 radical (unpaired) electrons. The lowest BCUT2D eigenvalue weighted by Crippen LogP contribution is -2.35. The molecule has 3 nitrogen and oxygen atoms in total. The third-order valence-electron chi connectivity index (χ3n) is 2.18. The highest BCUT2D eigenvalue weighted by molar-refractivity contribution is 7.99. The summed E-state index contributed by atoms with van der Waals surface area (Å²) >= 11 is 1.70. The Morgan fingerprint density at radius 3 is 3.00 bits per heavy atom. The number of carbonyl (C=O) groups is 1. The van der Waals surface area contributed by atoms with Crippen molar-refractivity contribution < 1.29 is 4.79 Å². The molecule has 1 rings (SSSR count). The molecule has 0 aromatic carbocycles. The van der Waals surface area contributed by atoms with Crippen molar-refractivity contribution in [1.82, 2.24) is 10.6 Å². The fraction of sp³-hybridized carbons (Fsp3) is 0.727. The third kappa shape index (κ3) is 7.29. The summed E-state index contributed by atoms with van der Waals surface area (Å²) in [5.41, 5.74) is 0. The molecule has 0 unspecified atom stereocenters. The van der Waals surface area contributed by atoms with Crippen LogP contribution in [0.3, 0.4) is 0 Å². The second-order valence-corrected chi connectivity index (χ2v) is 4.79. The van der Waals surface area contributed by atoms with Crippen molar-refractivity contribution in [2.45, 2.75) is 12.8 Å². The summed E-state index contributed by atoms with van der Waals surface area (Å²) in [6.07, 6.45) is 7.66. The number of nitrogens with one attached hydrogen (secondary N) is 2. The largest absolute Gasteiger partial charge is 0.355 e. The summed E-state index contributed by atoms with van der Waals surface area (Å²) in [5, 5.41) is 5.99. The lowest BCUT2D eigenvalue weighted by atomic mass is 10.4. The van der Waals surface area contributed by atoms with Gasteiger partial charge in [0, 0.05) is 18.8 Å². The Morgan fingerprint density at radius 2 is 2.33 bits per heavy atom. The highest BCUT2D eigenvalue weighted by atomic mass is 32.2. The van der Waals surface area contributed by atoms with E-state index in [0.29, 0.717) is 6.54 Å². The van der Waals surface area contributed by atoms with Crippen molar-refractivity contribution in [3.05, 3.63) is 0 Å². The highest BCUT2D eigenvalue weighted by Gasteiger charge is 2.21. The summed E-state index contributed by atoms with van der Waals surface area (Å²) in [6, 6.07) is 0. The van der Waals surface area contributed by atoms with Gasteiger partial charge < -0.3 is 10.6 Å². The van der Waals surface area contributed by atoms with E-state index in [1.54, 1.807) is 11.8 Å². The molecule has 0 bridgehead atoms. The van der Waals surface area contributed by atoms with E-state index < -0.39 is 0 Å². The second kappa shape index (κ2) is 7.61. The van der Waals surface area contributed by atoms with E-state index in [-0.39, 0.29) is 5.91 Å². The fourth-order valence-electron chi connectivity index (χ4n) is 1.12. The van der Waals surface area contributed by atoms with Gasteiger partial charge in [0.15, 0.2) is 0 Å². The van der Waals surface area contributed by atoms with E-state index in [9.17, 15) is 4.79 Å². The van der Waals surface area contributed by atoms with Crippen LogP contribution in [0.2, 0.25) is 0 Å². The van der Waals surface area contributed by atoms with E-state index in [2.05, 4.69) is 16.6 Å². The number of rotatable bonds is 8. The van der Waals surface area contributed by atoms with Gasteiger partial charge in [-0.3, -0.25) is 4.79 Å². The summed E-state index contributed by atoms with van der Waals surface area (Å²) < 4.78 is 0. The van der Waals surface area contributed by atoms with Crippen LogP contribution in [0, 0.1) is 18.3 Å². The maximum atomic E-state index is 11.3. The first-order valence-corrected chi connectivity index (χ1v) is 6.47. The van der Waals surface area contributed by atoms with Crippen LogP contribution in [-0.2, 0) is 4.79 Å². The molecule has 4 heteroatoms. The van der Waals surface area contributed by atoms with Crippen LogP contribution in [-0.4, -0.2) is 37.0 Å². The van der Waals surface area contributed by atoms with Gasteiger partial charge in [-0.1, -0.05) is 5.92 Å². The normalized spacial score (nSPS) is 14.6. The molecule has 84 valence electrons. The molecule has 0 aromatic rings. The molecular formula is C11H18N2OS. The number of amides is 1. The average molecular weight is 226 g/mol. The standard InChI is InChI=1S/C11H18N2OS/c1-2-6-15-7-5-12-9-11(14)13-8-10-3-4-10/h1,10,12H,3-9H2,(H,13,14). The number of hydrogen-bond acceptors (Lipinski definition) is 3. The van der Waals surface area contributed by atoms with Crippen molar-refractivity contribution in [2.75, 3.05) is 31.1 Å². The molecule has 1 aliphatic carbocycles. The Hall–Kier alpha value is -0.660. The van der Waals surface area contributed by atoms with Gasteiger partial charge in [0.2, 0.25) is 5.91 Å². The number of hydrogen-bond donors (Lipinski definition) is 2. The molecule has 0 atom stereocenters. The predicted molar refractivity (Wildman–Crippen MR) is 64.8 cm³/mol. The quantitative estimate of drug-likeness (QED) is 0.467. The molecule has 0 spiro atoms. The van der Waals surface area contributed by atoms with Crippen molar-refractivity contribution in [3.63, 3.8) is 0 Å². The van der Waals surface area contributed by atoms with Gasteiger partial charge >= 0.3 is 0 Å². The summed E-state index contributed by atoms with van der Waals surface area (Å²) in [6.45, 7) is 2.11. The number of thioether (sulfide) groups is 1. The number of carbonyl (C=O) groups excluding carboxylic acids is 1. The lowest BCUT2D eigenvalue weighted by Gasteiger charge is -2.05. The predicted octanol–water partition coefficient (Wildman–Crippen LogP) is 0.469. The minimum Gasteiger partial charge on any atom is -0.355 e. The zero-order valence-corrected chi connectivity index (χ0v) is 9.74. The molecular weight excluding hydrogens is 208 g/mol. The topological polar surface area (TPSA) is 41.1 Å². The van der Waals surface area contributed by atoms with E-state index in [4.69, 9.17) is 6.42 Å². The van der Waals surface area contributed by atoms with Gasteiger partial charge in [-0.15, -0.1) is 18.2 Å². The minimum absolute atomic E-state index is 0.101. The first-order chi connectivity index (χ1) is 7.33. The molecule has 1 fully saturated rings. The van der Waals surface area contributed by atoms with Crippen molar-refractivity contribution >= 4 is 17.7 Å². The molecule has 0 heterocycles. The molecule has 15 heavy (non-hydrogen) atoms. The van der Waals surface area contributed by atoms with Gasteiger partial charge in [-0.05, 0) is 18.8 Å². The first kappa shape index (κ1) is 12.4. The summed E-state index contributed by atoms with van der Waals surface area (Å²) in [4.78, 5) is 11.3. The van der Waals surface area contributed by atoms with Crippen molar-refractivity contribution in [3.8, 4) is 12.3 Å². The Bertz CT molecular complexity index is 233. The zero-order valence-electron chi connectivity index (χ0n) is 8.92. The maximum absolute atomic E-state index is 11.3.